The molecule has 31 heavy (non-hydrogen) atoms. The van der Waals surface area contributed by atoms with E-state index in [9.17, 15) is 10.0 Å². The molecule has 4 aliphatic rings. The molecule has 0 radical (unpaired) electrons. The lowest BCUT2D eigenvalue weighted by atomic mass is 9.84. The van der Waals surface area contributed by atoms with E-state index >= 15 is 0 Å². The maximum absolute atomic E-state index is 11.2. The number of likely N-dealkylation sites (tertiary alicyclic amines) is 1. The third kappa shape index (κ3) is 4.02. The molecule has 2 fully saturated rings. The van der Waals surface area contributed by atoms with Crippen molar-refractivity contribution >= 4 is 17.6 Å². The molecule has 8 heteroatoms. The summed E-state index contributed by atoms with van der Waals surface area (Å²) >= 11 is 1.92. The Hall–Kier alpha value is -1.51. The highest BCUT2D eigenvalue weighted by Crippen LogP contribution is 2.54. The standard InChI is InChI=1S/C23H33N5O2S/c1-23(2,26-30)14-10-11-28(13-14)19(29)12-18-24-21(27(3)15-8-9-15)20-16-6-4-5-7-17(16)31-22(20)25-18/h8-9,14-17,19,29H,4-7,10-13H2,1-3H3/t14-,16?,17?,19?/m1/s1. The van der Waals surface area contributed by atoms with E-state index in [-0.39, 0.29) is 5.92 Å². The maximum Gasteiger partial charge on any atom is 0.137 e. The van der Waals surface area contributed by atoms with E-state index in [0.29, 0.717) is 30.2 Å². The highest BCUT2D eigenvalue weighted by molar-refractivity contribution is 8.00. The van der Waals surface area contributed by atoms with Gasteiger partial charge in [-0.2, -0.15) is 4.91 Å². The Morgan fingerprint density at radius 1 is 1.29 bits per heavy atom. The largest absolute Gasteiger partial charge is 0.378 e. The molecule has 3 unspecified atom stereocenters. The molecule has 0 bridgehead atoms. The summed E-state index contributed by atoms with van der Waals surface area (Å²) in [4.78, 5) is 25.4. The lowest BCUT2D eigenvalue weighted by Gasteiger charge is -2.28. The van der Waals surface area contributed by atoms with Crippen LogP contribution in [-0.4, -0.2) is 63.2 Å². The molecule has 4 atom stereocenters. The first-order chi connectivity index (χ1) is 14.9. The number of fused-ring (bicyclic) bond motifs is 3. The third-order valence-corrected chi connectivity index (χ3v) is 9.06. The second-order valence-electron chi connectivity index (χ2n) is 10.1. The van der Waals surface area contributed by atoms with E-state index in [1.807, 2.05) is 30.5 Å². The van der Waals surface area contributed by atoms with Gasteiger partial charge >= 0.3 is 0 Å². The fraction of sp³-hybridized carbons (Fsp3) is 0.739. The first-order valence-electron chi connectivity index (χ1n) is 11.6. The molecule has 1 saturated carbocycles. The zero-order valence-corrected chi connectivity index (χ0v) is 19.5. The minimum atomic E-state index is -0.642. The normalized spacial score (nSPS) is 29.0. The summed E-state index contributed by atoms with van der Waals surface area (Å²) in [6, 6.07) is 0.349. The number of aliphatic hydroxyl groups excluding tert-OH is 1. The summed E-state index contributed by atoms with van der Waals surface area (Å²) in [5, 5.41) is 16.0. The van der Waals surface area contributed by atoms with Crippen molar-refractivity contribution in [2.24, 2.45) is 11.1 Å². The van der Waals surface area contributed by atoms with Crippen LogP contribution in [0.25, 0.3) is 0 Å². The average Bonchev–Trinajstić information content (AvgIpc) is 3.35. The summed E-state index contributed by atoms with van der Waals surface area (Å²) in [6.45, 7) is 5.22. The van der Waals surface area contributed by atoms with Crippen molar-refractivity contribution in [3.63, 3.8) is 0 Å². The van der Waals surface area contributed by atoms with Crippen LogP contribution in [0.15, 0.2) is 22.4 Å². The zero-order valence-electron chi connectivity index (χ0n) is 18.7. The summed E-state index contributed by atoms with van der Waals surface area (Å²) in [5.41, 5.74) is 0.739. The number of hydrogen-bond donors (Lipinski definition) is 1. The van der Waals surface area contributed by atoms with E-state index < -0.39 is 11.8 Å². The fourth-order valence-electron chi connectivity index (χ4n) is 5.42. The summed E-state index contributed by atoms with van der Waals surface area (Å²) in [6.07, 6.45) is 10.1. The molecule has 0 spiro atoms. The van der Waals surface area contributed by atoms with Crippen LogP contribution < -0.4 is 4.90 Å². The van der Waals surface area contributed by atoms with Gasteiger partial charge in [0.05, 0.1) is 6.04 Å². The van der Waals surface area contributed by atoms with Gasteiger partial charge in [0.1, 0.15) is 28.4 Å². The Morgan fingerprint density at radius 3 is 2.81 bits per heavy atom. The van der Waals surface area contributed by atoms with Crippen LogP contribution in [0.1, 0.15) is 63.3 Å². The quantitative estimate of drug-likeness (QED) is 0.391. The minimum Gasteiger partial charge on any atom is -0.378 e. The van der Waals surface area contributed by atoms with E-state index in [0.717, 1.165) is 29.6 Å². The lowest BCUT2D eigenvalue weighted by molar-refractivity contribution is 0.0152. The molecule has 1 N–H and O–H groups in total. The van der Waals surface area contributed by atoms with Crippen LogP contribution >= 0.6 is 11.8 Å². The van der Waals surface area contributed by atoms with Gasteiger partial charge in [0.2, 0.25) is 0 Å². The number of aromatic nitrogens is 2. The van der Waals surface area contributed by atoms with Crippen LogP contribution in [0.3, 0.4) is 0 Å². The molecule has 0 aromatic carbocycles. The molecule has 1 aromatic rings. The molecule has 3 heterocycles. The number of anilines is 1. The van der Waals surface area contributed by atoms with Crippen LogP contribution in [-0.2, 0) is 6.42 Å². The number of nitrogens with zero attached hydrogens (tertiary/aromatic N) is 5. The van der Waals surface area contributed by atoms with Gasteiger partial charge < -0.3 is 10.0 Å². The van der Waals surface area contributed by atoms with Gasteiger partial charge in [0, 0.05) is 49.2 Å². The van der Waals surface area contributed by atoms with Gasteiger partial charge in [-0.1, -0.05) is 30.2 Å². The fourth-order valence-corrected chi connectivity index (χ4v) is 6.95. The van der Waals surface area contributed by atoms with Crippen LogP contribution in [0.4, 0.5) is 5.82 Å². The van der Waals surface area contributed by atoms with Crippen molar-refractivity contribution in [3.8, 4) is 0 Å². The molecule has 1 aromatic heterocycles. The Kier molecular flexibility index (Phi) is 5.59. The van der Waals surface area contributed by atoms with Gasteiger partial charge in [0.15, 0.2) is 0 Å². The van der Waals surface area contributed by atoms with Gasteiger partial charge in [0.25, 0.3) is 0 Å². The zero-order chi connectivity index (χ0) is 21.8. The molecular weight excluding hydrogens is 410 g/mol. The third-order valence-electron chi connectivity index (χ3n) is 7.66. The minimum absolute atomic E-state index is 0.168. The van der Waals surface area contributed by atoms with Crippen molar-refractivity contribution in [2.75, 3.05) is 25.0 Å². The van der Waals surface area contributed by atoms with E-state index in [2.05, 4.69) is 29.3 Å². The highest BCUT2D eigenvalue weighted by atomic mass is 32.2. The van der Waals surface area contributed by atoms with Crippen LogP contribution in [0, 0.1) is 10.8 Å². The number of rotatable bonds is 7. The lowest BCUT2D eigenvalue weighted by Crippen LogP contribution is -2.38. The van der Waals surface area contributed by atoms with Crippen molar-refractivity contribution in [2.45, 2.75) is 86.4 Å². The number of likely N-dealkylation sites (N-methyl/N-ethyl adjacent to an activating group) is 1. The summed E-state index contributed by atoms with van der Waals surface area (Å²) in [7, 11) is 2.12. The van der Waals surface area contributed by atoms with Crippen molar-refractivity contribution in [1.29, 1.82) is 0 Å². The molecule has 168 valence electrons. The first kappa shape index (κ1) is 21.3. The Labute approximate surface area is 188 Å². The topological polar surface area (TPSA) is 81.9 Å². The Morgan fingerprint density at radius 2 is 2.06 bits per heavy atom. The monoisotopic (exact) mass is 443 g/mol. The van der Waals surface area contributed by atoms with Crippen LogP contribution in [0.5, 0.6) is 0 Å². The van der Waals surface area contributed by atoms with Gasteiger partial charge in [-0.15, -0.1) is 11.8 Å². The molecule has 1 saturated heterocycles. The SMILES string of the molecule is CN(c1nc(CC(O)N2CC[C@@H](C(C)(C)N=O)C2)nc2c1C1CCCCC1S2)C1C=C1. The van der Waals surface area contributed by atoms with E-state index in [1.54, 1.807) is 0 Å². The highest BCUT2D eigenvalue weighted by Gasteiger charge is 2.41. The number of nitroso groups, excluding NO2 is 1. The molecule has 2 aliphatic carbocycles. The van der Waals surface area contributed by atoms with Gasteiger partial charge in [-0.05, 0) is 33.1 Å². The molecule has 7 nitrogen and oxygen atoms in total. The molecular formula is C23H33N5O2S. The van der Waals surface area contributed by atoms with Gasteiger partial charge in [-0.3, -0.25) is 4.90 Å². The summed E-state index contributed by atoms with van der Waals surface area (Å²) < 4.78 is 0. The van der Waals surface area contributed by atoms with Crippen molar-refractivity contribution in [3.05, 3.63) is 28.4 Å². The number of thioether (sulfide) groups is 1. The second-order valence-corrected chi connectivity index (χ2v) is 11.4. The molecule has 0 amide bonds. The molecule has 5 rings (SSSR count). The predicted octanol–water partition coefficient (Wildman–Crippen LogP) is 3.71. The first-order valence-corrected chi connectivity index (χ1v) is 12.5. The van der Waals surface area contributed by atoms with E-state index in [1.165, 1.54) is 31.2 Å². The molecule has 2 aliphatic heterocycles. The Balaban J connectivity index is 1.37. The second kappa shape index (κ2) is 8.12. The van der Waals surface area contributed by atoms with Crippen molar-refractivity contribution < 1.29 is 5.11 Å². The van der Waals surface area contributed by atoms with Crippen LogP contribution in [0.2, 0.25) is 0 Å². The number of aliphatic hydroxyl groups is 1. The maximum atomic E-state index is 11.2. The van der Waals surface area contributed by atoms with Gasteiger partial charge in [-0.25, -0.2) is 9.97 Å². The predicted molar refractivity (Wildman–Crippen MR) is 123 cm³/mol. The number of hydrogen-bond acceptors (Lipinski definition) is 8. The average molecular weight is 444 g/mol. The van der Waals surface area contributed by atoms with E-state index in [4.69, 9.17) is 9.97 Å². The van der Waals surface area contributed by atoms with Crippen molar-refractivity contribution in [1.82, 2.24) is 14.9 Å². The summed E-state index contributed by atoms with van der Waals surface area (Å²) in [5.74, 6) is 2.49. The smallest absolute Gasteiger partial charge is 0.137 e. The Bertz CT molecular complexity index is 885.